The maximum Gasteiger partial charge on any atom is 0.227 e. The lowest BCUT2D eigenvalue weighted by atomic mass is 10.0. The number of aryl methyl sites for hydroxylation is 1. The third-order valence-electron chi connectivity index (χ3n) is 5.03. The van der Waals surface area contributed by atoms with Crippen LogP contribution in [0.2, 0.25) is 5.02 Å². The van der Waals surface area contributed by atoms with Gasteiger partial charge in [-0.25, -0.2) is 0 Å². The van der Waals surface area contributed by atoms with Crippen LogP contribution in [-0.4, -0.2) is 16.0 Å². The fraction of sp³-hybridized carbons (Fsp3) is 0.160. The van der Waals surface area contributed by atoms with Gasteiger partial charge in [-0.2, -0.15) is 4.98 Å². The van der Waals surface area contributed by atoms with Gasteiger partial charge in [-0.1, -0.05) is 83.5 Å². The Labute approximate surface area is 186 Å². The number of benzene rings is 3. The van der Waals surface area contributed by atoms with Gasteiger partial charge in [0, 0.05) is 23.4 Å². The summed E-state index contributed by atoms with van der Waals surface area (Å²) in [7, 11) is 0. The van der Waals surface area contributed by atoms with Crippen molar-refractivity contribution in [3.8, 4) is 22.5 Å². The predicted molar refractivity (Wildman–Crippen MR) is 122 cm³/mol. The first-order valence-electron chi connectivity index (χ1n) is 10.1. The van der Waals surface area contributed by atoms with Crippen LogP contribution < -0.4 is 5.32 Å². The standard InChI is InChI=1S/C25H22ClN3O2/c1-17(18-11-13-22(26)14-12-18)27-23(30)15-16-24-28-25(29-31-24)21-9-7-20(8-10-21)19-5-3-2-4-6-19/h2-14,17H,15-16H2,1H3,(H,27,30)/t17-/m1/s1. The summed E-state index contributed by atoms with van der Waals surface area (Å²) in [5, 5.41) is 7.70. The number of aromatic nitrogens is 2. The molecule has 31 heavy (non-hydrogen) atoms. The van der Waals surface area contributed by atoms with Crippen LogP contribution in [0.3, 0.4) is 0 Å². The fourth-order valence-electron chi connectivity index (χ4n) is 3.28. The Bertz CT molecular complexity index is 1140. The Morgan fingerprint density at radius 2 is 1.58 bits per heavy atom. The van der Waals surface area contributed by atoms with Gasteiger partial charge in [0.15, 0.2) is 0 Å². The summed E-state index contributed by atoms with van der Waals surface area (Å²) in [5.41, 5.74) is 4.15. The van der Waals surface area contributed by atoms with Crippen LogP contribution in [0.5, 0.6) is 0 Å². The maximum absolute atomic E-state index is 12.3. The first kappa shape index (κ1) is 20.8. The molecule has 0 saturated heterocycles. The lowest BCUT2D eigenvalue weighted by molar-refractivity contribution is -0.121. The fourth-order valence-corrected chi connectivity index (χ4v) is 3.41. The number of halogens is 1. The zero-order valence-corrected chi connectivity index (χ0v) is 17.8. The van der Waals surface area contributed by atoms with Crippen LogP contribution in [0.1, 0.15) is 30.8 Å². The van der Waals surface area contributed by atoms with Gasteiger partial charge in [0.2, 0.25) is 17.6 Å². The maximum atomic E-state index is 12.3. The van der Waals surface area contributed by atoms with Crippen molar-refractivity contribution in [2.24, 2.45) is 0 Å². The predicted octanol–water partition coefficient (Wildman–Crippen LogP) is 5.87. The normalized spacial score (nSPS) is 11.8. The average molecular weight is 432 g/mol. The van der Waals surface area contributed by atoms with E-state index in [4.69, 9.17) is 16.1 Å². The van der Waals surface area contributed by atoms with Crippen molar-refractivity contribution in [3.05, 3.63) is 95.3 Å². The smallest absolute Gasteiger partial charge is 0.227 e. The van der Waals surface area contributed by atoms with Crippen molar-refractivity contribution in [2.45, 2.75) is 25.8 Å². The number of hydrogen-bond acceptors (Lipinski definition) is 4. The molecule has 4 aromatic rings. The quantitative estimate of drug-likeness (QED) is 0.397. The van der Waals surface area contributed by atoms with Crippen molar-refractivity contribution >= 4 is 17.5 Å². The lowest BCUT2D eigenvalue weighted by Crippen LogP contribution is -2.26. The van der Waals surface area contributed by atoms with Gasteiger partial charge in [-0.15, -0.1) is 0 Å². The molecule has 0 radical (unpaired) electrons. The van der Waals surface area contributed by atoms with Gasteiger partial charge in [-0.3, -0.25) is 4.79 Å². The van der Waals surface area contributed by atoms with E-state index in [1.807, 2.05) is 73.7 Å². The van der Waals surface area contributed by atoms with Crippen molar-refractivity contribution in [2.75, 3.05) is 0 Å². The van der Waals surface area contributed by atoms with Crippen molar-refractivity contribution in [1.29, 1.82) is 0 Å². The third-order valence-corrected chi connectivity index (χ3v) is 5.28. The number of nitrogens with one attached hydrogen (secondary N) is 1. The Kier molecular flexibility index (Phi) is 6.43. The van der Waals surface area contributed by atoms with Gasteiger partial charge in [0.1, 0.15) is 0 Å². The first-order chi connectivity index (χ1) is 15.1. The second-order valence-electron chi connectivity index (χ2n) is 7.30. The molecule has 0 unspecified atom stereocenters. The van der Waals surface area contributed by atoms with Gasteiger partial charge < -0.3 is 9.84 Å². The molecule has 0 bridgehead atoms. The van der Waals surface area contributed by atoms with Crippen LogP contribution in [-0.2, 0) is 11.2 Å². The summed E-state index contributed by atoms with van der Waals surface area (Å²) in [6.07, 6.45) is 0.654. The van der Waals surface area contributed by atoms with Crippen molar-refractivity contribution in [3.63, 3.8) is 0 Å². The molecule has 3 aromatic carbocycles. The molecule has 1 heterocycles. The van der Waals surface area contributed by atoms with Crippen molar-refractivity contribution < 1.29 is 9.32 Å². The molecule has 4 rings (SSSR count). The third kappa shape index (κ3) is 5.38. The second-order valence-corrected chi connectivity index (χ2v) is 7.73. The molecule has 5 nitrogen and oxygen atoms in total. The number of rotatable bonds is 7. The van der Waals surface area contributed by atoms with Crippen LogP contribution in [0.4, 0.5) is 0 Å². The van der Waals surface area contributed by atoms with E-state index in [1.165, 1.54) is 0 Å². The topological polar surface area (TPSA) is 68.0 Å². The summed E-state index contributed by atoms with van der Waals surface area (Å²) in [4.78, 5) is 16.7. The molecule has 0 saturated carbocycles. The number of carbonyl (C=O) groups excluding carboxylic acids is 1. The lowest BCUT2D eigenvalue weighted by Gasteiger charge is -2.14. The highest BCUT2D eigenvalue weighted by molar-refractivity contribution is 6.30. The zero-order chi connectivity index (χ0) is 21.6. The van der Waals surface area contributed by atoms with E-state index >= 15 is 0 Å². The first-order valence-corrected chi connectivity index (χ1v) is 10.5. The van der Waals surface area contributed by atoms with Crippen LogP contribution in [0.15, 0.2) is 83.4 Å². The molecule has 6 heteroatoms. The van der Waals surface area contributed by atoms with Gasteiger partial charge in [0.25, 0.3) is 0 Å². The summed E-state index contributed by atoms with van der Waals surface area (Å²) in [6, 6.07) is 25.5. The zero-order valence-electron chi connectivity index (χ0n) is 17.1. The number of nitrogens with zero attached hydrogens (tertiary/aromatic N) is 2. The Morgan fingerprint density at radius 3 is 2.29 bits per heavy atom. The minimum atomic E-state index is -0.105. The highest BCUT2D eigenvalue weighted by atomic mass is 35.5. The monoisotopic (exact) mass is 431 g/mol. The van der Waals surface area contributed by atoms with E-state index in [0.29, 0.717) is 23.2 Å². The highest BCUT2D eigenvalue weighted by Gasteiger charge is 2.13. The van der Waals surface area contributed by atoms with E-state index in [1.54, 1.807) is 0 Å². The molecule has 0 aliphatic rings. The Hall–Kier alpha value is -3.44. The highest BCUT2D eigenvalue weighted by Crippen LogP contribution is 2.23. The Morgan fingerprint density at radius 1 is 0.935 bits per heavy atom. The summed E-state index contributed by atoms with van der Waals surface area (Å²) in [6.45, 7) is 1.94. The summed E-state index contributed by atoms with van der Waals surface area (Å²) >= 11 is 5.91. The van der Waals surface area contributed by atoms with E-state index in [0.717, 1.165) is 22.3 Å². The number of amides is 1. The second kappa shape index (κ2) is 9.58. The molecule has 0 aliphatic carbocycles. The largest absolute Gasteiger partial charge is 0.350 e. The molecule has 0 fully saturated rings. The van der Waals surface area contributed by atoms with Crippen LogP contribution in [0.25, 0.3) is 22.5 Å². The average Bonchev–Trinajstić information content (AvgIpc) is 3.28. The SMILES string of the molecule is C[C@@H](NC(=O)CCc1nc(-c2ccc(-c3ccccc3)cc2)no1)c1ccc(Cl)cc1. The summed E-state index contributed by atoms with van der Waals surface area (Å²) < 4.78 is 5.33. The molecular formula is C25H22ClN3O2. The molecule has 1 N–H and O–H groups in total. The molecular weight excluding hydrogens is 410 g/mol. The molecule has 0 aliphatic heterocycles. The summed E-state index contributed by atoms with van der Waals surface area (Å²) in [5.74, 6) is 0.885. The van der Waals surface area contributed by atoms with Gasteiger partial charge in [0.05, 0.1) is 6.04 Å². The number of hydrogen-bond donors (Lipinski definition) is 1. The minimum Gasteiger partial charge on any atom is -0.350 e. The van der Waals surface area contributed by atoms with Crippen molar-refractivity contribution in [1.82, 2.24) is 15.5 Å². The molecule has 156 valence electrons. The number of carbonyl (C=O) groups is 1. The Balaban J connectivity index is 1.32. The van der Waals surface area contributed by atoms with E-state index in [2.05, 4.69) is 27.6 Å². The molecule has 0 spiro atoms. The molecule has 1 atom stereocenters. The van der Waals surface area contributed by atoms with Crippen LogP contribution >= 0.6 is 11.6 Å². The van der Waals surface area contributed by atoms with E-state index in [9.17, 15) is 4.79 Å². The van der Waals surface area contributed by atoms with Crippen LogP contribution in [0, 0.1) is 0 Å². The minimum absolute atomic E-state index is 0.0746. The molecule has 1 aromatic heterocycles. The molecule has 1 amide bonds. The van der Waals surface area contributed by atoms with E-state index in [-0.39, 0.29) is 18.4 Å². The van der Waals surface area contributed by atoms with Gasteiger partial charge in [-0.05, 0) is 35.7 Å². The van der Waals surface area contributed by atoms with E-state index < -0.39 is 0 Å². The van der Waals surface area contributed by atoms with Gasteiger partial charge >= 0.3 is 0 Å².